The number of para-hydroxylation sites is 2. The predicted molar refractivity (Wildman–Crippen MR) is 229 cm³/mol. The van der Waals surface area contributed by atoms with Gasteiger partial charge in [-0.3, -0.25) is 0 Å². The van der Waals surface area contributed by atoms with Gasteiger partial charge in [0.25, 0.3) is 0 Å². The molecule has 0 saturated heterocycles. The first-order valence-corrected chi connectivity index (χ1v) is 18.5. The Balaban J connectivity index is 1.20. The number of hydrogen-bond donors (Lipinski definition) is 0. The monoisotopic (exact) mass is 688 g/mol. The molecule has 0 bridgehead atoms. The molecular weight excluding hydrogens is 653 g/mol. The highest BCUT2D eigenvalue weighted by Crippen LogP contribution is 2.45. The molecule has 0 N–H and O–H groups in total. The summed E-state index contributed by atoms with van der Waals surface area (Å²) in [5.74, 6) is 0. The molecule has 0 radical (unpaired) electrons. The molecule has 0 aliphatic carbocycles. The normalized spacial score (nSPS) is 11.3. The van der Waals surface area contributed by atoms with Crippen LogP contribution < -0.4 is 4.90 Å². The second kappa shape index (κ2) is 13.4. The molecule has 2 nitrogen and oxygen atoms in total. The molecule has 0 atom stereocenters. The van der Waals surface area contributed by atoms with Crippen molar-refractivity contribution in [1.29, 1.82) is 0 Å². The zero-order valence-corrected chi connectivity index (χ0v) is 29.7. The van der Waals surface area contributed by atoms with Crippen LogP contribution in [0.1, 0.15) is 0 Å². The Kier molecular flexibility index (Phi) is 7.85. The summed E-state index contributed by atoms with van der Waals surface area (Å²) in [5.41, 5.74) is 14.1. The number of nitrogens with zero attached hydrogens (tertiary/aromatic N) is 2. The number of fused-ring (bicyclic) bond motifs is 4. The smallest absolute Gasteiger partial charge is 0.0562 e. The van der Waals surface area contributed by atoms with E-state index in [4.69, 9.17) is 0 Å². The molecule has 0 amide bonds. The first-order chi connectivity index (χ1) is 26.8. The molecule has 1 aromatic heterocycles. The lowest BCUT2D eigenvalue weighted by molar-refractivity contribution is 1.18. The lowest BCUT2D eigenvalue weighted by Gasteiger charge is -2.26. The summed E-state index contributed by atoms with van der Waals surface area (Å²) in [6.07, 6.45) is 0. The van der Waals surface area contributed by atoms with Crippen molar-refractivity contribution in [3.63, 3.8) is 0 Å². The van der Waals surface area contributed by atoms with Crippen LogP contribution in [0.2, 0.25) is 0 Å². The standard InChI is InChI=1S/C52H36N2/c1-4-16-37(17-5-1)38-30-32-42(33-31-38)53(41-22-8-3-9-23-41)50-28-15-29-51-52(50)47-25-12-13-27-49(47)54(51)43-34-35-46(48(36-43)40-18-6-2-7-19-40)45-26-14-21-39-20-10-11-24-44(39)45/h1-36H. The van der Waals surface area contributed by atoms with Crippen LogP contribution in [-0.4, -0.2) is 4.57 Å². The first-order valence-electron chi connectivity index (χ1n) is 18.5. The highest BCUT2D eigenvalue weighted by atomic mass is 15.1. The molecule has 0 unspecified atom stereocenters. The van der Waals surface area contributed by atoms with E-state index in [-0.39, 0.29) is 0 Å². The van der Waals surface area contributed by atoms with Gasteiger partial charge < -0.3 is 9.47 Å². The van der Waals surface area contributed by atoms with Crippen LogP contribution >= 0.6 is 0 Å². The maximum Gasteiger partial charge on any atom is 0.0562 e. The molecule has 0 aliphatic rings. The van der Waals surface area contributed by atoms with Crippen molar-refractivity contribution in [3.05, 3.63) is 218 Å². The fourth-order valence-electron chi connectivity index (χ4n) is 8.13. The third kappa shape index (κ3) is 5.44. The van der Waals surface area contributed by atoms with Gasteiger partial charge in [-0.25, -0.2) is 0 Å². The van der Waals surface area contributed by atoms with Crippen LogP contribution in [-0.2, 0) is 0 Å². The average Bonchev–Trinajstić information content (AvgIpc) is 3.60. The summed E-state index contributed by atoms with van der Waals surface area (Å²) in [4.78, 5) is 2.40. The Labute approximate surface area is 315 Å². The summed E-state index contributed by atoms with van der Waals surface area (Å²) in [5, 5.41) is 4.92. The van der Waals surface area contributed by atoms with Crippen molar-refractivity contribution >= 4 is 49.6 Å². The van der Waals surface area contributed by atoms with E-state index in [2.05, 4.69) is 228 Å². The Morgan fingerprint density at radius 3 is 1.69 bits per heavy atom. The Hall–Kier alpha value is -7.16. The Morgan fingerprint density at radius 1 is 0.333 bits per heavy atom. The summed E-state index contributed by atoms with van der Waals surface area (Å²) in [6, 6.07) is 78.8. The van der Waals surface area contributed by atoms with E-state index in [1.807, 2.05) is 0 Å². The number of rotatable bonds is 7. The van der Waals surface area contributed by atoms with Gasteiger partial charge in [0, 0.05) is 27.8 Å². The minimum Gasteiger partial charge on any atom is -0.310 e. The highest BCUT2D eigenvalue weighted by molar-refractivity contribution is 6.16. The van der Waals surface area contributed by atoms with Crippen LogP contribution in [0.4, 0.5) is 17.1 Å². The minimum atomic E-state index is 1.11. The van der Waals surface area contributed by atoms with Gasteiger partial charge in [-0.2, -0.15) is 0 Å². The largest absolute Gasteiger partial charge is 0.310 e. The van der Waals surface area contributed by atoms with Crippen molar-refractivity contribution in [2.24, 2.45) is 0 Å². The molecule has 0 aliphatic heterocycles. The lowest BCUT2D eigenvalue weighted by Crippen LogP contribution is -2.10. The quantitative estimate of drug-likeness (QED) is 0.162. The second-order valence-corrected chi connectivity index (χ2v) is 13.7. The SMILES string of the molecule is c1ccc(-c2ccc(N(c3ccccc3)c3cccc4c3c3ccccc3n4-c3ccc(-c4cccc5ccccc45)c(-c4ccccc4)c3)cc2)cc1. The maximum absolute atomic E-state index is 2.44. The van der Waals surface area contributed by atoms with Crippen LogP contribution in [0.5, 0.6) is 0 Å². The summed E-state index contributed by atoms with van der Waals surface area (Å²) in [6.45, 7) is 0. The van der Waals surface area contributed by atoms with Crippen molar-refractivity contribution in [1.82, 2.24) is 4.57 Å². The van der Waals surface area contributed by atoms with E-state index < -0.39 is 0 Å². The molecule has 0 spiro atoms. The van der Waals surface area contributed by atoms with E-state index in [1.54, 1.807) is 0 Å². The van der Waals surface area contributed by atoms with Crippen LogP contribution in [0.25, 0.3) is 71.6 Å². The van der Waals surface area contributed by atoms with E-state index in [0.717, 1.165) is 28.3 Å². The number of hydrogen-bond acceptors (Lipinski definition) is 1. The molecule has 2 heteroatoms. The molecule has 9 aromatic carbocycles. The van der Waals surface area contributed by atoms with Crippen LogP contribution in [0, 0.1) is 0 Å². The van der Waals surface area contributed by atoms with Gasteiger partial charge in [0.2, 0.25) is 0 Å². The van der Waals surface area contributed by atoms with Crippen LogP contribution in [0.15, 0.2) is 218 Å². The lowest BCUT2D eigenvalue weighted by atomic mass is 9.91. The molecule has 254 valence electrons. The van der Waals surface area contributed by atoms with E-state index in [9.17, 15) is 0 Å². The van der Waals surface area contributed by atoms with E-state index in [0.29, 0.717) is 0 Å². The summed E-state index contributed by atoms with van der Waals surface area (Å²) >= 11 is 0. The molecule has 0 fully saturated rings. The molecular formula is C52H36N2. The van der Waals surface area contributed by atoms with E-state index >= 15 is 0 Å². The zero-order chi connectivity index (χ0) is 35.8. The number of aromatic nitrogens is 1. The van der Waals surface area contributed by atoms with Crippen LogP contribution in [0.3, 0.4) is 0 Å². The highest BCUT2D eigenvalue weighted by Gasteiger charge is 2.22. The Bertz CT molecular complexity index is 2900. The van der Waals surface area contributed by atoms with Crippen molar-refractivity contribution < 1.29 is 0 Å². The molecule has 0 saturated carbocycles. The van der Waals surface area contributed by atoms with Crippen molar-refractivity contribution in [2.75, 3.05) is 4.90 Å². The third-order valence-electron chi connectivity index (χ3n) is 10.6. The topological polar surface area (TPSA) is 8.17 Å². The first kappa shape index (κ1) is 31.6. The van der Waals surface area contributed by atoms with Gasteiger partial charge in [-0.05, 0) is 98.8 Å². The second-order valence-electron chi connectivity index (χ2n) is 13.7. The maximum atomic E-state index is 2.44. The van der Waals surface area contributed by atoms with Gasteiger partial charge in [0.05, 0.1) is 16.7 Å². The summed E-state index contributed by atoms with van der Waals surface area (Å²) in [7, 11) is 0. The number of anilines is 3. The zero-order valence-electron chi connectivity index (χ0n) is 29.7. The molecule has 54 heavy (non-hydrogen) atoms. The number of benzene rings is 9. The molecule has 10 aromatic rings. The van der Waals surface area contributed by atoms with E-state index in [1.165, 1.54) is 60.4 Å². The predicted octanol–water partition coefficient (Wildman–Crippen LogP) is 14.4. The van der Waals surface area contributed by atoms with Crippen molar-refractivity contribution in [3.8, 4) is 39.1 Å². The van der Waals surface area contributed by atoms with Gasteiger partial charge in [0.1, 0.15) is 0 Å². The van der Waals surface area contributed by atoms with Gasteiger partial charge in [-0.15, -0.1) is 0 Å². The Morgan fingerprint density at radius 2 is 0.907 bits per heavy atom. The molecule has 10 rings (SSSR count). The fourth-order valence-corrected chi connectivity index (χ4v) is 8.13. The van der Waals surface area contributed by atoms with Crippen molar-refractivity contribution in [2.45, 2.75) is 0 Å². The average molecular weight is 689 g/mol. The minimum absolute atomic E-state index is 1.11. The fraction of sp³-hybridized carbons (Fsp3) is 0. The third-order valence-corrected chi connectivity index (χ3v) is 10.6. The van der Waals surface area contributed by atoms with Gasteiger partial charge in [-0.1, -0.05) is 164 Å². The molecule has 1 heterocycles. The van der Waals surface area contributed by atoms with Gasteiger partial charge >= 0.3 is 0 Å². The van der Waals surface area contributed by atoms with Gasteiger partial charge in [0.15, 0.2) is 0 Å². The summed E-state index contributed by atoms with van der Waals surface area (Å²) < 4.78 is 2.44.